The van der Waals surface area contributed by atoms with E-state index < -0.39 is 40.5 Å². The average molecular weight is 392 g/mol. The number of nitrogens with one attached hydrogen (secondary N) is 1. The van der Waals surface area contributed by atoms with Crippen molar-refractivity contribution in [3.05, 3.63) is 15.4 Å². The van der Waals surface area contributed by atoms with Gasteiger partial charge in [-0.15, -0.1) is 11.3 Å². The van der Waals surface area contributed by atoms with Crippen LogP contribution in [-0.4, -0.2) is 60.8 Å². The van der Waals surface area contributed by atoms with Gasteiger partial charge in [0.2, 0.25) is 10.0 Å². The van der Waals surface area contributed by atoms with Crippen molar-refractivity contribution in [3.8, 4) is 0 Å². The quantitative estimate of drug-likeness (QED) is 0.582. The van der Waals surface area contributed by atoms with E-state index in [4.69, 9.17) is 27.9 Å². The molecule has 0 saturated carbocycles. The molecule has 1 aliphatic rings. The van der Waals surface area contributed by atoms with Crippen LogP contribution in [0.5, 0.6) is 0 Å². The van der Waals surface area contributed by atoms with E-state index in [2.05, 4.69) is 4.72 Å². The Hall–Kier alpha value is 0.0300. The van der Waals surface area contributed by atoms with Gasteiger partial charge in [0.1, 0.15) is 33.0 Å². The van der Waals surface area contributed by atoms with E-state index in [1.165, 1.54) is 13.0 Å². The van der Waals surface area contributed by atoms with Gasteiger partial charge in [0.15, 0.2) is 0 Å². The largest absolute Gasteiger partial charge is 0.388 e. The van der Waals surface area contributed by atoms with Gasteiger partial charge in [0.05, 0.1) is 11.1 Å². The Labute approximate surface area is 141 Å². The first-order valence-electron chi connectivity index (χ1n) is 6.27. The smallest absolute Gasteiger partial charge is 0.250 e. The fraction of sp³-hybridized carbons (Fsp3) is 0.636. The summed E-state index contributed by atoms with van der Waals surface area (Å²) in [5.41, 5.74) is 0. The Morgan fingerprint density at radius 3 is 2.45 bits per heavy atom. The van der Waals surface area contributed by atoms with E-state index in [0.29, 0.717) is 0 Å². The number of aliphatic hydroxyl groups is 3. The van der Waals surface area contributed by atoms with Gasteiger partial charge in [-0.25, -0.2) is 13.1 Å². The Balaban J connectivity index is 2.05. The first kappa shape index (κ1) is 18.4. The predicted molar refractivity (Wildman–Crippen MR) is 81.9 cm³/mol. The minimum Gasteiger partial charge on any atom is -0.388 e. The van der Waals surface area contributed by atoms with Crippen molar-refractivity contribution < 1.29 is 28.5 Å². The zero-order chi connectivity index (χ0) is 16.7. The monoisotopic (exact) mass is 391 g/mol. The average Bonchev–Trinajstić information content (AvgIpc) is 2.80. The van der Waals surface area contributed by atoms with E-state index in [1.54, 1.807) is 0 Å². The van der Waals surface area contributed by atoms with Crippen LogP contribution in [0.1, 0.15) is 6.92 Å². The van der Waals surface area contributed by atoms with Crippen molar-refractivity contribution >= 4 is 44.6 Å². The van der Waals surface area contributed by atoms with Crippen molar-refractivity contribution in [1.82, 2.24) is 4.72 Å². The van der Waals surface area contributed by atoms with Crippen LogP contribution in [0.3, 0.4) is 0 Å². The van der Waals surface area contributed by atoms with Gasteiger partial charge >= 0.3 is 0 Å². The number of hydrogen-bond donors (Lipinski definition) is 4. The molecule has 1 saturated heterocycles. The molecule has 11 heteroatoms. The van der Waals surface area contributed by atoms with Crippen LogP contribution < -0.4 is 4.72 Å². The summed E-state index contributed by atoms with van der Waals surface area (Å²) in [7, 11) is -3.87. The lowest BCUT2D eigenvalue weighted by molar-refractivity contribution is -0.214. The molecule has 7 nitrogen and oxygen atoms in total. The summed E-state index contributed by atoms with van der Waals surface area (Å²) in [6, 6.07) is 1.22. The highest BCUT2D eigenvalue weighted by Gasteiger charge is 2.42. The molecule has 1 aromatic rings. The highest BCUT2D eigenvalue weighted by Crippen LogP contribution is 2.34. The van der Waals surface area contributed by atoms with E-state index in [9.17, 15) is 23.7 Å². The second-order valence-corrected chi connectivity index (χ2v) is 8.95. The van der Waals surface area contributed by atoms with Gasteiger partial charge in [-0.05, 0) is 13.0 Å². The van der Waals surface area contributed by atoms with Gasteiger partial charge in [0.25, 0.3) is 0 Å². The minimum absolute atomic E-state index is 0.0681. The van der Waals surface area contributed by atoms with Crippen LogP contribution in [0.2, 0.25) is 9.36 Å². The molecule has 1 aromatic heterocycles. The summed E-state index contributed by atoms with van der Waals surface area (Å²) < 4.78 is 31.9. The molecule has 5 unspecified atom stereocenters. The fourth-order valence-corrected chi connectivity index (χ4v) is 5.00. The minimum atomic E-state index is -3.87. The van der Waals surface area contributed by atoms with Gasteiger partial charge < -0.3 is 20.1 Å². The number of rotatable bonds is 4. The molecule has 126 valence electrons. The Kier molecular flexibility index (Phi) is 5.74. The lowest BCUT2D eigenvalue weighted by Crippen LogP contribution is -2.59. The molecule has 0 bridgehead atoms. The summed E-state index contributed by atoms with van der Waals surface area (Å²) in [4.78, 5) is 0. The van der Waals surface area contributed by atoms with Gasteiger partial charge in [0, 0.05) is 6.54 Å². The highest BCUT2D eigenvalue weighted by atomic mass is 35.5. The zero-order valence-electron chi connectivity index (χ0n) is 11.3. The molecule has 0 spiro atoms. The first-order valence-corrected chi connectivity index (χ1v) is 9.33. The highest BCUT2D eigenvalue weighted by molar-refractivity contribution is 7.91. The lowest BCUT2D eigenvalue weighted by Gasteiger charge is -2.39. The van der Waals surface area contributed by atoms with Crippen LogP contribution in [0, 0.1) is 0 Å². The molecule has 0 radical (unpaired) electrons. The molecular weight excluding hydrogens is 377 g/mol. The number of halogens is 2. The molecule has 2 rings (SSSR count). The van der Waals surface area contributed by atoms with E-state index in [1.807, 2.05) is 0 Å². The summed E-state index contributed by atoms with van der Waals surface area (Å²) >= 11 is 12.3. The Morgan fingerprint density at radius 2 is 1.91 bits per heavy atom. The number of aliphatic hydroxyl groups excluding tert-OH is 3. The number of thiophene rings is 1. The van der Waals surface area contributed by atoms with Crippen molar-refractivity contribution in [2.45, 2.75) is 41.7 Å². The number of sulfonamides is 1. The van der Waals surface area contributed by atoms with Crippen LogP contribution in [0.4, 0.5) is 0 Å². The summed E-state index contributed by atoms with van der Waals surface area (Å²) in [5, 5.41) is 29.2. The third-order valence-electron chi connectivity index (χ3n) is 3.31. The van der Waals surface area contributed by atoms with Crippen LogP contribution >= 0.6 is 34.5 Å². The predicted octanol–water partition coefficient (Wildman–Crippen LogP) is 0.203. The van der Waals surface area contributed by atoms with Crippen molar-refractivity contribution in [1.29, 1.82) is 0 Å². The summed E-state index contributed by atoms with van der Waals surface area (Å²) in [6.07, 6.45) is -5.79. The number of ether oxygens (including phenoxy) is 1. The Morgan fingerprint density at radius 1 is 1.27 bits per heavy atom. The molecular formula is C11H15Cl2NO6S2. The molecule has 4 N–H and O–H groups in total. The molecule has 1 fully saturated rings. The third kappa shape index (κ3) is 3.74. The molecule has 0 aromatic carbocycles. The topological polar surface area (TPSA) is 116 Å². The van der Waals surface area contributed by atoms with Crippen LogP contribution in [-0.2, 0) is 14.8 Å². The number of hydrogen-bond acceptors (Lipinski definition) is 7. The molecule has 2 heterocycles. The maximum absolute atomic E-state index is 12.1. The van der Waals surface area contributed by atoms with Crippen molar-refractivity contribution in [3.63, 3.8) is 0 Å². The Bertz CT molecular complexity index is 617. The third-order valence-corrected chi connectivity index (χ3v) is 7.08. The fourth-order valence-electron chi connectivity index (χ4n) is 2.03. The standard InChI is InChI=1S/C11H15Cl2NO6S2/c1-4-8(15)10(17)9(16)6(20-4)3-14-22(18,19)7-2-5(12)11(13)21-7/h2,4,6,8-10,14-17H,3H2,1H3. The van der Waals surface area contributed by atoms with Gasteiger partial charge in [-0.1, -0.05) is 23.2 Å². The maximum Gasteiger partial charge on any atom is 0.250 e. The van der Waals surface area contributed by atoms with E-state index in [-0.39, 0.29) is 20.1 Å². The molecule has 1 aliphatic heterocycles. The summed E-state index contributed by atoms with van der Waals surface area (Å²) in [5.74, 6) is 0. The summed E-state index contributed by atoms with van der Waals surface area (Å²) in [6.45, 7) is 1.24. The van der Waals surface area contributed by atoms with Crippen LogP contribution in [0.15, 0.2) is 10.3 Å². The van der Waals surface area contributed by atoms with Crippen LogP contribution in [0.25, 0.3) is 0 Å². The molecule has 0 aliphatic carbocycles. The van der Waals surface area contributed by atoms with E-state index in [0.717, 1.165) is 11.3 Å². The molecule has 22 heavy (non-hydrogen) atoms. The lowest BCUT2D eigenvalue weighted by atomic mass is 9.96. The van der Waals surface area contributed by atoms with E-state index >= 15 is 0 Å². The second-order valence-electron chi connectivity index (χ2n) is 4.89. The second kappa shape index (κ2) is 6.88. The SMILES string of the molecule is CC1OC(CNS(=O)(=O)c2cc(Cl)c(Cl)s2)C(O)C(O)C1O. The zero-order valence-corrected chi connectivity index (χ0v) is 14.5. The first-order chi connectivity index (χ1) is 10.1. The normalized spacial score (nSPS) is 33.1. The van der Waals surface area contributed by atoms with Gasteiger partial charge in [-0.2, -0.15) is 0 Å². The van der Waals surface area contributed by atoms with Gasteiger partial charge in [-0.3, -0.25) is 0 Å². The molecule has 0 amide bonds. The van der Waals surface area contributed by atoms with Crippen molar-refractivity contribution in [2.75, 3.05) is 6.54 Å². The van der Waals surface area contributed by atoms with Crippen molar-refractivity contribution in [2.24, 2.45) is 0 Å². The molecule has 5 atom stereocenters. The maximum atomic E-state index is 12.1.